The largest absolute Gasteiger partial charge is 0.497 e. The number of carbonyl (C=O) groups excluding carboxylic acids is 2. The normalized spacial score (nSPS) is 11.8. The topological polar surface area (TPSA) is 90.4 Å². The third kappa shape index (κ3) is 4.35. The molecule has 0 spiro atoms. The smallest absolute Gasteiger partial charge is 0.342 e. The molecule has 0 saturated heterocycles. The maximum Gasteiger partial charge on any atom is 0.342 e. The van der Waals surface area contributed by atoms with Gasteiger partial charge in [-0.05, 0) is 36.8 Å². The number of thiazole rings is 1. The Kier molecular flexibility index (Phi) is 5.88. The van der Waals surface area contributed by atoms with Crippen LogP contribution in [0.15, 0.2) is 36.5 Å². The van der Waals surface area contributed by atoms with Crippen molar-refractivity contribution in [3.05, 3.63) is 47.2 Å². The van der Waals surface area contributed by atoms with Crippen LogP contribution in [0.1, 0.15) is 23.7 Å². The average Bonchev–Trinajstić information content (AvgIpc) is 3.07. The van der Waals surface area contributed by atoms with E-state index in [-0.39, 0.29) is 10.7 Å². The van der Waals surface area contributed by atoms with Crippen LogP contribution in [-0.2, 0) is 9.53 Å². The summed E-state index contributed by atoms with van der Waals surface area (Å²) in [5.74, 6) is -0.459. The summed E-state index contributed by atoms with van der Waals surface area (Å²) in [6.45, 7) is 1.74. The number of halogens is 1. The summed E-state index contributed by atoms with van der Waals surface area (Å²) in [5.41, 5.74) is 0.848. The van der Waals surface area contributed by atoms with Gasteiger partial charge in [-0.2, -0.15) is 0 Å². The number of esters is 1. The lowest BCUT2D eigenvalue weighted by Gasteiger charge is -2.15. The predicted octanol–water partition coefficient (Wildman–Crippen LogP) is 3.93. The Labute approximate surface area is 164 Å². The van der Waals surface area contributed by atoms with Crippen LogP contribution in [0.3, 0.4) is 0 Å². The number of methoxy groups -OCH3 is 1. The van der Waals surface area contributed by atoms with Crippen LogP contribution in [0.2, 0.25) is 5.15 Å². The Morgan fingerprint density at radius 3 is 2.85 bits per heavy atom. The highest BCUT2D eigenvalue weighted by molar-refractivity contribution is 7.22. The average molecular weight is 406 g/mol. The zero-order chi connectivity index (χ0) is 19.4. The monoisotopic (exact) mass is 405 g/mol. The van der Waals surface area contributed by atoms with E-state index in [4.69, 9.17) is 21.1 Å². The molecule has 3 rings (SSSR count). The van der Waals surface area contributed by atoms with E-state index in [0.717, 1.165) is 10.2 Å². The quantitative estimate of drug-likeness (QED) is 0.493. The van der Waals surface area contributed by atoms with Crippen LogP contribution in [-0.4, -0.2) is 35.1 Å². The van der Waals surface area contributed by atoms with Gasteiger partial charge in [0.05, 0.1) is 22.9 Å². The highest BCUT2D eigenvalue weighted by Crippen LogP contribution is 2.29. The fourth-order valence-electron chi connectivity index (χ4n) is 2.32. The molecule has 0 aliphatic carbocycles. The van der Waals surface area contributed by atoms with Gasteiger partial charge in [0.1, 0.15) is 10.9 Å². The van der Waals surface area contributed by atoms with Crippen molar-refractivity contribution < 1.29 is 19.1 Å². The third-order valence-corrected chi connectivity index (χ3v) is 4.95. The second kappa shape index (κ2) is 8.32. The SMILES string of the molecule is CCC(OC(=O)c1cccnc1Cl)C(=O)Nc1nc2ccc(OC)cc2s1. The second-order valence-electron chi connectivity index (χ2n) is 5.49. The van der Waals surface area contributed by atoms with Crippen LogP contribution >= 0.6 is 22.9 Å². The summed E-state index contributed by atoms with van der Waals surface area (Å²) in [6, 6.07) is 8.50. The number of amides is 1. The summed E-state index contributed by atoms with van der Waals surface area (Å²) in [7, 11) is 1.58. The standard InChI is InChI=1S/C18H16ClN3O4S/c1-3-13(26-17(24)11-5-4-8-20-15(11)19)16(23)22-18-21-12-7-6-10(25-2)9-14(12)27-18/h4-9,13H,3H2,1-2H3,(H,21,22,23). The molecule has 0 bridgehead atoms. The lowest BCUT2D eigenvalue weighted by atomic mass is 10.2. The van der Waals surface area contributed by atoms with Crippen molar-refractivity contribution in [2.75, 3.05) is 12.4 Å². The van der Waals surface area contributed by atoms with E-state index in [1.54, 1.807) is 26.2 Å². The van der Waals surface area contributed by atoms with Crippen LogP contribution in [0.5, 0.6) is 5.75 Å². The molecular formula is C18H16ClN3O4S. The number of rotatable bonds is 6. The molecule has 9 heteroatoms. The fourth-order valence-corrected chi connectivity index (χ4v) is 3.42. The minimum atomic E-state index is -0.977. The number of nitrogens with one attached hydrogen (secondary N) is 1. The number of pyridine rings is 1. The first kappa shape index (κ1) is 19.1. The molecule has 27 heavy (non-hydrogen) atoms. The molecule has 1 unspecified atom stereocenters. The van der Waals surface area contributed by atoms with E-state index in [0.29, 0.717) is 17.3 Å². The molecular weight excluding hydrogens is 390 g/mol. The molecule has 140 valence electrons. The van der Waals surface area contributed by atoms with Crippen molar-refractivity contribution >= 4 is 50.2 Å². The first-order valence-corrected chi connectivity index (χ1v) is 9.28. The van der Waals surface area contributed by atoms with Crippen LogP contribution < -0.4 is 10.1 Å². The zero-order valence-corrected chi connectivity index (χ0v) is 16.1. The number of hydrogen-bond acceptors (Lipinski definition) is 7. The van der Waals surface area contributed by atoms with Gasteiger partial charge in [0.2, 0.25) is 0 Å². The number of ether oxygens (including phenoxy) is 2. The van der Waals surface area contributed by atoms with E-state index in [1.807, 2.05) is 12.1 Å². The minimum Gasteiger partial charge on any atom is -0.497 e. The summed E-state index contributed by atoms with van der Waals surface area (Å²) >= 11 is 7.20. The molecule has 0 aliphatic heterocycles. The van der Waals surface area contributed by atoms with Crippen molar-refractivity contribution in [1.29, 1.82) is 0 Å². The van der Waals surface area contributed by atoms with E-state index < -0.39 is 18.0 Å². The van der Waals surface area contributed by atoms with Gasteiger partial charge >= 0.3 is 5.97 Å². The number of fused-ring (bicyclic) bond motifs is 1. The maximum absolute atomic E-state index is 12.5. The van der Waals surface area contributed by atoms with E-state index >= 15 is 0 Å². The lowest BCUT2D eigenvalue weighted by molar-refractivity contribution is -0.124. The minimum absolute atomic E-state index is 0.0258. The van der Waals surface area contributed by atoms with Gasteiger partial charge in [-0.15, -0.1) is 0 Å². The van der Waals surface area contributed by atoms with Crippen LogP contribution in [0.25, 0.3) is 10.2 Å². The molecule has 1 amide bonds. The zero-order valence-electron chi connectivity index (χ0n) is 14.6. The van der Waals surface area contributed by atoms with E-state index in [9.17, 15) is 9.59 Å². The summed E-state index contributed by atoms with van der Waals surface area (Å²) in [5, 5.41) is 3.13. The van der Waals surface area contributed by atoms with Crippen LogP contribution in [0.4, 0.5) is 5.13 Å². The van der Waals surface area contributed by atoms with Gasteiger partial charge in [-0.3, -0.25) is 10.1 Å². The molecule has 7 nitrogen and oxygen atoms in total. The summed E-state index contributed by atoms with van der Waals surface area (Å²) < 4.78 is 11.3. The van der Waals surface area contributed by atoms with E-state index in [1.165, 1.54) is 23.6 Å². The fraction of sp³-hybridized carbons (Fsp3) is 0.222. The lowest BCUT2D eigenvalue weighted by Crippen LogP contribution is -2.32. The van der Waals surface area contributed by atoms with Crippen molar-refractivity contribution in [3.8, 4) is 5.75 Å². The number of carbonyl (C=O) groups is 2. The van der Waals surface area contributed by atoms with Gasteiger partial charge in [0.15, 0.2) is 11.2 Å². The molecule has 1 aromatic carbocycles. The summed E-state index contributed by atoms with van der Waals surface area (Å²) in [6.07, 6.45) is 0.787. The van der Waals surface area contributed by atoms with Crippen molar-refractivity contribution in [2.45, 2.75) is 19.4 Å². The first-order chi connectivity index (χ1) is 13.0. The predicted molar refractivity (Wildman–Crippen MR) is 104 cm³/mol. The molecule has 0 saturated carbocycles. The Balaban J connectivity index is 1.71. The van der Waals surface area contributed by atoms with Crippen molar-refractivity contribution in [1.82, 2.24) is 9.97 Å². The first-order valence-electron chi connectivity index (χ1n) is 8.08. The number of nitrogens with zero attached hydrogens (tertiary/aromatic N) is 2. The molecule has 0 radical (unpaired) electrons. The van der Waals surface area contributed by atoms with Gasteiger partial charge in [-0.1, -0.05) is 29.9 Å². The van der Waals surface area contributed by atoms with Gasteiger partial charge in [-0.25, -0.2) is 14.8 Å². The van der Waals surface area contributed by atoms with Gasteiger partial charge in [0, 0.05) is 6.20 Å². The molecule has 0 aliphatic rings. The molecule has 3 aromatic rings. The Bertz CT molecular complexity index is 992. The Morgan fingerprint density at radius 2 is 2.15 bits per heavy atom. The maximum atomic E-state index is 12.5. The molecule has 0 fully saturated rings. The second-order valence-corrected chi connectivity index (χ2v) is 6.87. The van der Waals surface area contributed by atoms with Gasteiger partial charge < -0.3 is 9.47 Å². The van der Waals surface area contributed by atoms with E-state index in [2.05, 4.69) is 15.3 Å². The molecule has 1 atom stereocenters. The third-order valence-electron chi connectivity index (χ3n) is 3.72. The molecule has 1 N–H and O–H groups in total. The Morgan fingerprint density at radius 1 is 1.33 bits per heavy atom. The number of anilines is 1. The van der Waals surface area contributed by atoms with Crippen molar-refractivity contribution in [3.63, 3.8) is 0 Å². The number of benzene rings is 1. The van der Waals surface area contributed by atoms with Crippen LogP contribution in [0, 0.1) is 0 Å². The number of hydrogen-bond donors (Lipinski definition) is 1. The highest BCUT2D eigenvalue weighted by Gasteiger charge is 2.24. The van der Waals surface area contributed by atoms with Crippen molar-refractivity contribution in [2.24, 2.45) is 0 Å². The Hall–Kier alpha value is -2.71. The molecule has 2 heterocycles. The number of aromatic nitrogens is 2. The van der Waals surface area contributed by atoms with Gasteiger partial charge in [0.25, 0.3) is 5.91 Å². The molecule has 2 aromatic heterocycles. The highest BCUT2D eigenvalue weighted by atomic mass is 35.5. The summed E-state index contributed by atoms with van der Waals surface area (Å²) in [4.78, 5) is 32.9.